The van der Waals surface area contributed by atoms with E-state index in [2.05, 4.69) is 20.1 Å². The Bertz CT molecular complexity index is 1110. The lowest BCUT2D eigenvalue weighted by atomic mass is 10.2. The summed E-state index contributed by atoms with van der Waals surface area (Å²) < 4.78 is 31.6. The van der Waals surface area contributed by atoms with Crippen LogP contribution in [0.5, 0.6) is 0 Å². The molecule has 2 N–H and O–H groups in total. The van der Waals surface area contributed by atoms with Crippen LogP contribution in [0.3, 0.4) is 0 Å². The summed E-state index contributed by atoms with van der Waals surface area (Å²) in [6.07, 6.45) is 0. The van der Waals surface area contributed by atoms with E-state index in [1.54, 1.807) is 0 Å². The molecule has 2 aromatic heterocycles. The normalized spacial score (nSPS) is 10.7. The number of nitrogens with zero attached hydrogens (tertiary/aromatic N) is 3. The number of aromatic nitrogens is 3. The number of fused-ring (bicyclic) bond motifs is 1. The number of halogens is 2. The molecule has 1 aromatic carbocycles. The van der Waals surface area contributed by atoms with Gasteiger partial charge in [-0.3, -0.25) is 4.79 Å². The van der Waals surface area contributed by atoms with Crippen molar-refractivity contribution in [1.82, 2.24) is 19.9 Å². The van der Waals surface area contributed by atoms with Crippen LogP contribution in [-0.4, -0.2) is 44.7 Å². The van der Waals surface area contributed by atoms with E-state index >= 15 is 0 Å². The molecule has 2 heterocycles. The van der Waals surface area contributed by atoms with E-state index in [1.165, 1.54) is 12.1 Å². The molecule has 0 unspecified atom stereocenters. The number of esters is 1. The van der Waals surface area contributed by atoms with Crippen molar-refractivity contribution >= 4 is 23.5 Å². The highest BCUT2D eigenvalue weighted by molar-refractivity contribution is 5.96. The third-order valence-corrected chi connectivity index (χ3v) is 3.71. The number of hydrogen-bond donors (Lipinski definition) is 2. The number of aromatic carboxylic acids is 1. The fraction of sp³-hybridized carbons (Fsp3) is 0.118. The summed E-state index contributed by atoms with van der Waals surface area (Å²) in [5.41, 5.74) is -0.610. The van der Waals surface area contributed by atoms with Crippen molar-refractivity contribution in [3.05, 3.63) is 64.6 Å². The second-order valence-corrected chi connectivity index (χ2v) is 5.55. The lowest BCUT2D eigenvalue weighted by Gasteiger charge is -2.07. The van der Waals surface area contributed by atoms with Gasteiger partial charge in [-0.25, -0.2) is 27.9 Å². The molecule has 0 saturated heterocycles. The number of carbonyl (C=O) groups excluding carboxylic acids is 2. The number of carboxylic acids is 1. The van der Waals surface area contributed by atoms with Crippen LogP contribution in [0.4, 0.5) is 8.78 Å². The SMILES string of the molecule is COC(=O)c1cc2nc(C(=O)NCc3ccc(F)c(F)c3)cc(C(=O)O)n2n1. The fourth-order valence-corrected chi connectivity index (χ4v) is 2.37. The second-order valence-electron chi connectivity index (χ2n) is 5.55. The van der Waals surface area contributed by atoms with Crippen LogP contribution in [0.1, 0.15) is 37.0 Å². The topological polar surface area (TPSA) is 123 Å². The Morgan fingerprint density at radius 3 is 2.54 bits per heavy atom. The molecule has 0 aliphatic rings. The first-order valence-electron chi connectivity index (χ1n) is 7.74. The zero-order valence-corrected chi connectivity index (χ0v) is 14.3. The number of hydrogen-bond acceptors (Lipinski definition) is 6. The van der Waals surface area contributed by atoms with E-state index in [-0.39, 0.29) is 23.6 Å². The molecule has 0 bridgehead atoms. The maximum absolute atomic E-state index is 13.2. The Morgan fingerprint density at radius 1 is 1.14 bits per heavy atom. The van der Waals surface area contributed by atoms with Gasteiger partial charge < -0.3 is 15.2 Å². The molecule has 0 aliphatic carbocycles. The maximum Gasteiger partial charge on any atom is 0.358 e. The van der Waals surface area contributed by atoms with Crippen molar-refractivity contribution in [2.75, 3.05) is 7.11 Å². The quantitative estimate of drug-likeness (QED) is 0.632. The molecule has 3 aromatic rings. The Balaban J connectivity index is 1.90. The molecule has 144 valence electrons. The van der Waals surface area contributed by atoms with Gasteiger partial charge in [-0.05, 0) is 17.7 Å². The van der Waals surface area contributed by atoms with Crippen LogP contribution in [0.2, 0.25) is 0 Å². The number of carboxylic acid groups (broad SMARTS) is 1. The third kappa shape index (κ3) is 3.63. The monoisotopic (exact) mass is 390 g/mol. The van der Waals surface area contributed by atoms with Gasteiger partial charge in [0.1, 0.15) is 5.69 Å². The average molecular weight is 390 g/mol. The van der Waals surface area contributed by atoms with Gasteiger partial charge in [-0.2, -0.15) is 5.10 Å². The summed E-state index contributed by atoms with van der Waals surface area (Å²) in [4.78, 5) is 39.4. The Hall–Kier alpha value is -3.89. The van der Waals surface area contributed by atoms with E-state index in [0.29, 0.717) is 5.56 Å². The number of amides is 1. The lowest BCUT2D eigenvalue weighted by Crippen LogP contribution is -2.25. The standard InChI is InChI=1S/C17H12F2N4O5/c1-28-17(27)12-6-14-21-11(5-13(16(25)26)23(14)22-12)15(24)20-7-8-2-3-9(18)10(19)4-8/h2-6H,7H2,1H3,(H,20,24)(H,25,26). The summed E-state index contributed by atoms with van der Waals surface area (Å²) in [5, 5.41) is 15.6. The van der Waals surface area contributed by atoms with Crippen LogP contribution in [-0.2, 0) is 11.3 Å². The average Bonchev–Trinajstić information content (AvgIpc) is 3.11. The van der Waals surface area contributed by atoms with Crippen LogP contribution >= 0.6 is 0 Å². The van der Waals surface area contributed by atoms with Crippen molar-refractivity contribution in [3.8, 4) is 0 Å². The van der Waals surface area contributed by atoms with Crippen molar-refractivity contribution < 1.29 is 33.0 Å². The first-order valence-corrected chi connectivity index (χ1v) is 7.74. The minimum atomic E-state index is -1.40. The van der Waals surface area contributed by atoms with Crippen molar-refractivity contribution in [2.24, 2.45) is 0 Å². The van der Waals surface area contributed by atoms with Gasteiger partial charge in [0.05, 0.1) is 7.11 Å². The Kier molecular flexibility index (Phi) is 4.98. The largest absolute Gasteiger partial charge is 0.477 e. The molecule has 0 spiro atoms. The van der Waals surface area contributed by atoms with E-state index in [9.17, 15) is 28.3 Å². The lowest BCUT2D eigenvalue weighted by molar-refractivity contribution is 0.0590. The number of ether oxygens (including phenoxy) is 1. The van der Waals surface area contributed by atoms with Crippen LogP contribution < -0.4 is 5.32 Å². The number of rotatable bonds is 5. The molecule has 0 radical (unpaired) electrons. The van der Waals surface area contributed by atoms with Crippen molar-refractivity contribution in [2.45, 2.75) is 6.54 Å². The predicted octanol–water partition coefficient (Wildman–Crippen LogP) is 1.42. The molecule has 9 nitrogen and oxygen atoms in total. The minimum absolute atomic E-state index is 0.0572. The number of methoxy groups -OCH3 is 1. The molecule has 0 saturated carbocycles. The molecule has 11 heteroatoms. The Labute approximate surface area is 155 Å². The van der Waals surface area contributed by atoms with E-state index in [1.807, 2.05) is 0 Å². The third-order valence-electron chi connectivity index (χ3n) is 3.71. The number of nitrogens with one attached hydrogen (secondary N) is 1. The summed E-state index contributed by atoms with van der Waals surface area (Å²) >= 11 is 0. The van der Waals surface area contributed by atoms with Gasteiger partial charge in [0, 0.05) is 18.7 Å². The highest BCUT2D eigenvalue weighted by Gasteiger charge is 2.20. The van der Waals surface area contributed by atoms with Crippen LogP contribution in [0, 0.1) is 11.6 Å². The summed E-state index contributed by atoms with van der Waals surface area (Å²) in [6.45, 7) is -0.141. The van der Waals surface area contributed by atoms with Gasteiger partial charge >= 0.3 is 11.9 Å². The van der Waals surface area contributed by atoms with Gasteiger partial charge in [-0.1, -0.05) is 6.07 Å². The highest BCUT2D eigenvalue weighted by Crippen LogP contribution is 2.12. The Morgan fingerprint density at radius 2 is 1.89 bits per heavy atom. The number of benzene rings is 1. The molecule has 0 atom stereocenters. The molecule has 1 amide bonds. The van der Waals surface area contributed by atoms with E-state index < -0.39 is 35.2 Å². The zero-order valence-electron chi connectivity index (χ0n) is 14.3. The highest BCUT2D eigenvalue weighted by atomic mass is 19.2. The van der Waals surface area contributed by atoms with Gasteiger partial charge in [-0.15, -0.1) is 0 Å². The molecular formula is C17H12F2N4O5. The maximum atomic E-state index is 13.2. The van der Waals surface area contributed by atoms with E-state index in [4.69, 9.17) is 0 Å². The van der Waals surface area contributed by atoms with Gasteiger partial charge in [0.15, 0.2) is 28.7 Å². The first-order chi connectivity index (χ1) is 13.3. The van der Waals surface area contributed by atoms with Gasteiger partial charge in [0.2, 0.25) is 0 Å². The zero-order chi connectivity index (χ0) is 20.4. The summed E-state index contributed by atoms with van der Waals surface area (Å²) in [6, 6.07) is 5.28. The van der Waals surface area contributed by atoms with Crippen molar-refractivity contribution in [1.29, 1.82) is 0 Å². The smallest absolute Gasteiger partial charge is 0.358 e. The minimum Gasteiger partial charge on any atom is -0.477 e. The molecule has 3 rings (SSSR count). The molecule has 0 fully saturated rings. The van der Waals surface area contributed by atoms with Crippen molar-refractivity contribution in [3.63, 3.8) is 0 Å². The summed E-state index contributed by atoms with van der Waals surface area (Å²) in [5.74, 6) is -5.03. The molecular weight excluding hydrogens is 378 g/mol. The van der Waals surface area contributed by atoms with Gasteiger partial charge in [0.25, 0.3) is 5.91 Å². The fourth-order valence-electron chi connectivity index (χ4n) is 2.37. The first kappa shape index (κ1) is 18.9. The molecule has 0 aliphatic heterocycles. The summed E-state index contributed by atoms with van der Waals surface area (Å²) in [7, 11) is 1.13. The van der Waals surface area contributed by atoms with Crippen LogP contribution in [0.15, 0.2) is 30.3 Å². The second kappa shape index (κ2) is 7.39. The van der Waals surface area contributed by atoms with E-state index in [0.717, 1.165) is 29.8 Å². The predicted molar refractivity (Wildman–Crippen MR) is 88.8 cm³/mol. The number of carbonyl (C=O) groups is 3. The van der Waals surface area contributed by atoms with Crippen LogP contribution in [0.25, 0.3) is 5.65 Å². The molecule has 28 heavy (non-hydrogen) atoms.